The first-order valence-corrected chi connectivity index (χ1v) is 13.5. The normalized spacial score (nSPS) is 16.3. The van der Waals surface area contributed by atoms with Gasteiger partial charge in [0.15, 0.2) is 0 Å². The number of fused-ring (bicyclic) bond motifs is 7. The van der Waals surface area contributed by atoms with Crippen LogP contribution < -0.4 is 4.74 Å². The molecule has 0 bridgehead atoms. The lowest BCUT2D eigenvalue weighted by molar-refractivity contribution is 0.350. The molecule has 0 unspecified atom stereocenters. The lowest BCUT2D eigenvalue weighted by Crippen LogP contribution is -2.08. The van der Waals surface area contributed by atoms with Crippen LogP contribution in [0.5, 0.6) is 5.75 Å². The standard InChI is InChI=1S/C30H29N3OS/c1-15(2)24-13-22-21-9-6-19-12-26(35-29(19)28(21)34-14-25(22)31-24)18-5-8-20-17(11-18)7-10-23-27(20)33-30(32-23)16(3)4/h5-6,8-9,11-12,15-16H,7,10,13-14H2,1-4H3,(H,32,33). The molecule has 3 aliphatic rings. The minimum Gasteiger partial charge on any atom is -0.485 e. The number of thiophene rings is 1. The molecule has 0 radical (unpaired) electrons. The number of imidazole rings is 1. The first-order chi connectivity index (χ1) is 17.0. The highest BCUT2D eigenvalue weighted by molar-refractivity contribution is 7.22. The second-order valence-electron chi connectivity index (χ2n) is 10.6. The number of ether oxygens (including phenoxy) is 1. The molecule has 4 aromatic rings. The third-order valence-corrected chi connectivity index (χ3v) is 8.80. The van der Waals surface area contributed by atoms with E-state index < -0.39 is 0 Å². The van der Waals surface area contributed by atoms with Crippen LogP contribution in [0.25, 0.3) is 37.4 Å². The summed E-state index contributed by atoms with van der Waals surface area (Å²) in [4.78, 5) is 14.7. The Bertz CT molecular complexity index is 1580. The number of hydrogen-bond acceptors (Lipinski definition) is 4. The van der Waals surface area contributed by atoms with Crippen molar-refractivity contribution >= 4 is 32.7 Å². The van der Waals surface area contributed by atoms with Crippen molar-refractivity contribution in [3.63, 3.8) is 0 Å². The van der Waals surface area contributed by atoms with E-state index in [1.54, 1.807) is 0 Å². The van der Waals surface area contributed by atoms with Gasteiger partial charge in [0.05, 0.1) is 16.1 Å². The van der Waals surface area contributed by atoms with Gasteiger partial charge in [-0.05, 0) is 53.0 Å². The smallest absolute Gasteiger partial charge is 0.145 e. The largest absolute Gasteiger partial charge is 0.485 e. The number of rotatable bonds is 3. The average molecular weight is 480 g/mol. The van der Waals surface area contributed by atoms with Gasteiger partial charge in [-0.2, -0.15) is 0 Å². The highest BCUT2D eigenvalue weighted by Gasteiger charge is 2.29. The summed E-state index contributed by atoms with van der Waals surface area (Å²) in [5.74, 6) is 3.01. The van der Waals surface area contributed by atoms with Crippen molar-refractivity contribution < 1.29 is 4.74 Å². The third kappa shape index (κ3) is 3.24. The van der Waals surface area contributed by atoms with Gasteiger partial charge >= 0.3 is 0 Å². The molecule has 0 amide bonds. The van der Waals surface area contributed by atoms with E-state index in [-0.39, 0.29) is 0 Å². The van der Waals surface area contributed by atoms with Crippen molar-refractivity contribution in [1.82, 2.24) is 9.97 Å². The van der Waals surface area contributed by atoms with E-state index in [0.717, 1.165) is 42.2 Å². The first kappa shape index (κ1) is 21.1. The molecule has 1 N–H and O–H groups in total. The van der Waals surface area contributed by atoms with Gasteiger partial charge in [-0.3, -0.25) is 4.99 Å². The van der Waals surface area contributed by atoms with Crippen molar-refractivity contribution in [3.05, 3.63) is 64.7 Å². The van der Waals surface area contributed by atoms with Crippen LogP contribution >= 0.6 is 11.3 Å². The van der Waals surface area contributed by atoms with Gasteiger partial charge in [0.2, 0.25) is 0 Å². The molecule has 0 saturated heterocycles. The molecule has 4 heterocycles. The zero-order chi connectivity index (χ0) is 23.8. The minimum atomic E-state index is 0.412. The Morgan fingerprint density at radius 1 is 0.971 bits per heavy atom. The van der Waals surface area contributed by atoms with Gasteiger partial charge in [0.1, 0.15) is 18.2 Å². The number of aliphatic imine (C=N–C) groups is 1. The summed E-state index contributed by atoms with van der Waals surface area (Å²) in [6.45, 7) is 9.41. The summed E-state index contributed by atoms with van der Waals surface area (Å²) in [6, 6.07) is 13.7. The van der Waals surface area contributed by atoms with Crippen LogP contribution in [0.15, 0.2) is 47.1 Å². The van der Waals surface area contributed by atoms with E-state index in [1.165, 1.54) is 54.2 Å². The summed E-state index contributed by atoms with van der Waals surface area (Å²) in [6.07, 6.45) is 3.02. The Labute approximate surface area is 209 Å². The number of H-pyrrole nitrogens is 1. The molecule has 2 aromatic carbocycles. The highest BCUT2D eigenvalue weighted by atomic mass is 32.1. The maximum atomic E-state index is 6.31. The monoisotopic (exact) mass is 479 g/mol. The van der Waals surface area contributed by atoms with E-state index in [9.17, 15) is 0 Å². The van der Waals surface area contributed by atoms with Crippen molar-refractivity contribution in [2.75, 3.05) is 6.61 Å². The Balaban J connectivity index is 1.26. The van der Waals surface area contributed by atoms with Gasteiger partial charge in [-0.25, -0.2) is 4.98 Å². The van der Waals surface area contributed by atoms with Crippen molar-refractivity contribution in [2.24, 2.45) is 10.9 Å². The van der Waals surface area contributed by atoms with E-state index >= 15 is 0 Å². The van der Waals surface area contributed by atoms with Gasteiger partial charge in [-0.1, -0.05) is 52.0 Å². The quantitative estimate of drug-likeness (QED) is 0.326. The molecule has 5 heteroatoms. The highest BCUT2D eigenvalue weighted by Crippen LogP contribution is 2.47. The maximum absolute atomic E-state index is 6.31. The molecule has 2 aliphatic heterocycles. The Kier molecular flexibility index (Phi) is 4.62. The van der Waals surface area contributed by atoms with Gasteiger partial charge in [-0.15, -0.1) is 11.3 Å². The molecular formula is C30H29N3OS. The van der Waals surface area contributed by atoms with E-state index in [1.807, 2.05) is 11.3 Å². The second-order valence-corrected chi connectivity index (χ2v) is 11.6. The summed E-state index contributed by atoms with van der Waals surface area (Å²) in [5, 5.41) is 1.25. The molecule has 1 aliphatic carbocycles. The van der Waals surface area contributed by atoms with Crippen LogP contribution in [0.3, 0.4) is 0 Å². The predicted octanol–water partition coefficient (Wildman–Crippen LogP) is 7.78. The second kappa shape index (κ2) is 7.66. The van der Waals surface area contributed by atoms with E-state index in [0.29, 0.717) is 18.4 Å². The summed E-state index contributed by atoms with van der Waals surface area (Å²) in [7, 11) is 0. The Morgan fingerprint density at radius 2 is 1.83 bits per heavy atom. The van der Waals surface area contributed by atoms with Crippen molar-refractivity contribution in [1.29, 1.82) is 0 Å². The lowest BCUT2D eigenvalue weighted by atomic mass is 9.90. The molecule has 176 valence electrons. The summed E-state index contributed by atoms with van der Waals surface area (Å²) >= 11 is 1.84. The number of nitrogens with one attached hydrogen (secondary N) is 1. The van der Waals surface area contributed by atoms with Gasteiger partial charge < -0.3 is 9.72 Å². The summed E-state index contributed by atoms with van der Waals surface area (Å²) < 4.78 is 7.56. The van der Waals surface area contributed by atoms with Crippen molar-refractivity contribution in [2.45, 2.75) is 52.9 Å². The zero-order valence-corrected chi connectivity index (χ0v) is 21.5. The number of aromatic amines is 1. The van der Waals surface area contributed by atoms with E-state index in [2.05, 4.69) is 69.1 Å². The molecule has 2 aromatic heterocycles. The van der Waals surface area contributed by atoms with Crippen LogP contribution in [-0.4, -0.2) is 22.3 Å². The number of hydrogen-bond donors (Lipinski definition) is 1. The molecule has 7 rings (SSSR count). The lowest BCUT2D eigenvalue weighted by Gasteiger charge is -2.19. The number of aryl methyl sites for hydroxylation is 2. The molecular weight excluding hydrogens is 450 g/mol. The fourth-order valence-electron chi connectivity index (χ4n) is 5.56. The van der Waals surface area contributed by atoms with Crippen LogP contribution in [0.1, 0.15) is 62.7 Å². The van der Waals surface area contributed by atoms with Gasteiger partial charge in [0.25, 0.3) is 0 Å². The zero-order valence-electron chi connectivity index (χ0n) is 20.7. The summed E-state index contributed by atoms with van der Waals surface area (Å²) in [5.41, 5.74) is 11.4. The fourth-order valence-corrected chi connectivity index (χ4v) is 6.72. The van der Waals surface area contributed by atoms with Gasteiger partial charge in [0, 0.05) is 39.7 Å². The van der Waals surface area contributed by atoms with Crippen molar-refractivity contribution in [3.8, 4) is 27.4 Å². The molecule has 0 atom stereocenters. The topological polar surface area (TPSA) is 50.3 Å². The number of aromatic nitrogens is 2. The first-order valence-electron chi connectivity index (χ1n) is 12.7. The molecule has 0 fully saturated rings. The Hall–Kier alpha value is -3.18. The third-order valence-electron chi connectivity index (χ3n) is 7.60. The predicted molar refractivity (Wildman–Crippen MR) is 146 cm³/mol. The molecule has 0 saturated carbocycles. The Morgan fingerprint density at radius 3 is 2.66 bits per heavy atom. The van der Waals surface area contributed by atoms with Crippen LogP contribution in [-0.2, 0) is 12.8 Å². The number of benzene rings is 2. The van der Waals surface area contributed by atoms with E-state index in [4.69, 9.17) is 14.7 Å². The fraction of sp³-hybridized carbons (Fsp3) is 0.333. The minimum absolute atomic E-state index is 0.412. The van der Waals surface area contributed by atoms with Crippen LogP contribution in [0.4, 0.5) is 0 Å². The number of nitrogens with zero attached hydrogens (tertiary/aromatic N) is 2. The molecule has 4 nitrogen and oxygen atoms in total. The van der Waals surface area contributed by atoms with Crippen LogP contribution in [0, 0.1) is 5.92 Å². The average Bonchev–Trinajstić information content (AvgIpc) is 3.59. The molecule has 35 heavy (non-hydrogen) atoms. The van der Waals surface area contributed by atoms with Crippen LogP contribution in [0.2, 0.25) is 0 Å². The maximum Gasteiger partial charge on any atom is 0.145 e. The molecule has 0 spiro atoms. The number of allylic oxidation sites excluding steroid dienone is 1. The SMILES string of the molecule is CC(C)C1=NC2=C(C1)c1ccc3cc(-c4ccc5c(c4)CCc4[nH]c(C(C)C)nc4-5)sc3c1OC2.